The van der Waals surface area contributed by atoms with E-state index in [-0.39, 0.29) is 35.8 Å². The van der Waals surface area contributed by atoms with E-state index in [1.807, 2.05) is 41.3 Å². The van der Waals surface area contributed by atoms with Crippen LogP contribution in [0.25, 0.3) is 0 Å². The maximum absolute atomic E-state index is 12.9. The smallest absolute Gasteiger partial charge is 0.337 e. The molecule has 1 saturated heterocycles. The van der Waals surface area contributed by atoms with Crippen LogP contribution in [0, 0.1) is 5.41 Å². The minimum absolute atomic E-state index is 0.0310. The lowest BCUT2D eigenvalue weighted by molar-refractivity contribution is -0.135. The third-order valence-electron chi connectivity index (χ3n) is 8.40. The molecule has 1 aliphatic heterocycles. The fourth-order valence-electron chi connectivity index (χ4n) is 5.38. The summed E-state index contributed by atoms with van der Waals surface area (Å²) in [5.74, 6) is 0.324. The van der Waals surface area contributed by atoms with Gasteiger partial charge in [0.05, 0.1) is 19.2 Å². The fraction of sp³-hybridized carbons (Fsp3) is 0.485. The van der Waals surface area contributed by atoms with Crippen molar-refractivity contribution in [1.82, 2.24) is 15.1 Å². The number of rotatable bonds is 14. The van der Waals surface area contributed by atoms with Gasteiger partial charge in [0.15, 0.2) is 0 Å². The Morgan fingerprint density at radius 1 is 1.02 bits per heavy atom. The minimum Gasteiger partial charge on any atom is -0.489 e. The van der Waals surface area contributed by atoms with Crippen LogP contribution in [-0.4, -0.2) is 67.4 Å². The number of benzene rings is 2. The molecule has 1 heterocycles. The Kier molecular flexibility index (Phi) is 12.0. The number of piperazine rings is 1. The zero-order chi connectivity index (χ0) is 29.8. The monoisotopic (exact) mass is 563 g/mol. The van der Waals surface area contributed by atoms with Crippen LogP contribution >= 0.6 is 0 Å². The van der Waals surface area contributed by atoms with Crippen molar-refractivity contribution in [3.8, 4) is 5.75 Å². The molecule has 1 unspecified atom stereocenters. The van der Waals surface area contributed by atoms with E-state index in [9.17, 15) is 14.4 Å². The van der Waals surface area contributed by atoms with E-state index in [1.54, 1.807) is 12.1 Å². The lowest BCUT2D eigenvalue weighted by Gasteiger charge is -2.38. The molecule has 1 atom stereocenters. The minimum atomic E-state index is -0.363. The first-order valence-electron chi connectivity index (χ1n) is 14.5. The van der Waals surface area contributed by atoms with E-state index in [0.717, 1.165) is 49.2 Å². The van der Waals surface area contributed by atoms with Gasteiger partial charge in [0.1, 0.15) is 12.4 Å². The molecule has 0 radical (unpaired) electrons. The van der Waals surface area contributed by atoms with Crippen molar-refractivity contribution < 1.29 is 23.9 Å². The Morgan fingerprint density at radius 3 is 2.29 bits per heavy atom. The molecule has 0 spiro atoms. The molecule has 1 fully saturated rings. The lowest BCUT2D eigenvalue weighted by atomic mass is 9.76. The predicted octanol–water partition coefficient (Wildman–Crippen LogP) is 5.15. The summed E-state index contributed by atoms with van der Waals surface area (Å²) in [6, 6.07) is 15.3. The number of hydrogen-bond acceptors (Lipinski definition) is 6. The van der Waals surface area contributed by atoms with E-state index >= 15 is 0 Å². The van der Waals surface area contributed by atoms with Crippen molar-refractivity contribution in [3.05, 3.63) is 77.9 Å². The highest BCUT2D eigenvalue weighted by molar-refractivity contribution is 5.89. The van der Waals surface area contributed by atoms with Gasteiger partial charge in [0, 0.05) is 44.2 Å². The Hall–Kier alpha value is -3.65. The van der Waals surface area contributed by atoms with E-state index in [0.29, 0.717) is 31.7 Å². The number of para-hydroxylation sites is 1. The zero-order valence-corrected chi connectivity index (χ0v) is 25.0. The quantitative estimate of drug-likeness (QED) is 0.253. The molecule has 8 nitrogen and oxygen atoms in total. The number of nitrogens with one attached hydrogen (secondary N) is 1. The van der Waals surface area contributed by atoms with Crippen LogP contribution < -0.4 is 10.1 Å². The van der Waals surface area contributed by atoms with Gasteiger partial charge in [-0.3, -0.25) is 14.5 Å². The average molecular weight is 564 g/mol. The molecular formula is C33H45N3O5. The van der Waals surface area contributed by atoms with Crippen LogP contribution in [0.5, 0.6) is 5.75 Å². The van der Waals surface area contributed by atoms with Crippen LogP contribution in [0.15, 0.2) is 61.2 Å². The first kappa shape index (κ1) is 31.9. The molecule has 0 bridgehead atoms. The highest BCUT2D eigenvalue weighted by Gasteiger charge is 2.29. The number of carbonyl (C=O) groups excluding carboxylic acids is 3. The van der Waals surface area contributed by atoms with Crippen molar-refractivity contribution in [1.29, 1.82) is 0 Å². The zero-order valence-electron chi connectivity index (χ0n) is 25.0. The van der Waals surface area contributed by atoms with Crippen LogP contribution in [0.1, 0.15) is 74.0 Å². The Morgan fingerprint density at radius 2 is 1.68 bits per heavy atom. The van der Waals surface area contributed by atoms with Crippen molar-refractivity contribution >= 4 is 17.8 Å². The van der Waals surface area contributed by atoms with Crippen LogP contribution in [0.3, 0.4) is 0 Å². The largest absolute Gasteiger partial charge is 0.489 e. The second-order valence-electron chi connectivity index (χ2n) is 10.8. The predicted molar refractivity (Wildman–Crippen MR) is 161 cm³/mol. The molecule has 1 aliphatic rings. The van der Waals surface area contributed by atoms with Gasteiger partial charge in [0.25, 0.3) is 0 Å². The van der Waals surface area contributed by atoms with E-state index in [2.05, 4.69) is 43.6 Å². The van der Waals surface area contributed by atoms with Gasteiger partial charge in [-0.2, -0.15) is 0 Å². The van der Waals surface area contributed by atoms with Crippen LogP contribution in [0.2, 0.25) is 0 Å². The number of ether oxygens (including phenoxy) is 2. The van der Waals surface area contributed by atoms with Gasteiger partial charge in [-0.15, -0.1) is 6.58 Å². The maximum atomic E-state index is 12.9. The summed E-state index contributed by atoms with van der Waals surface area (Å²) in [6.45, 7) is 13.3. The standard InChI is InChI=1S/C33H45N3O5/c1-6-17-33(7-2,8-3)22-30(37)34-23-31(38)36-20-18-35(19-21-36)25(4)28-11-9-10-12-29(28)41-24-26-13-15-27(16-14-26)32(39)40-5/h6,9-16,25H,1,7-8,17-24H2,2-5H3,(H,34,37). The van der Waals surface area contributed by atoms with Gasteiger partial charge < -0.3 is 19.7 Å². The summed E-state index contributed by atoms with van der Waals surface area (Å²) in [7, 11) is 1.37. The molecule has 0 saturated carbocycles. The van der Waals surface area contributed by atoms with Crippen molar-refractivity contribution in [2.75, 3.05) is 39.8 Å². The van der Waals surface area contributed by atoms with Crippen LogP contribution in [-0.2, 0) is 20.9 Å². The van der Waals surface area contributed by atoms with Crippen molar-refractivity contribution in [2.24, 2.45) is 5.41 Å². The number of nitrogens with zero attached hydrogens (tertiary/aromatic N) is 2. The van der Waals surface area contributed by atoms with Crippen molar-refractivity contribution in [2.45, 2.75) is 59.1 Å². The SMILES string of the molecule is C=CCC(CC)(CC)CC(=O)NCC(=O)N1CCN(C(C)c2ccccc2OCc2ccc(C(=O)OC)cc2)CC1. The molecule has 2 amide bonds. The topological polar surface area (TPSA) is 88.2 Å². The summed E-state index contributed by atoms with van der Waals surface area (Å²) in [5, 5.41) is 2.85. The molecule has 3 rings (SSSR count). The molecule has 1 N–H and O–H groups in total. The number of carbonyl (C=O) groups is 3. The highest BCUT2D eigenvalue weighted by atomic mass is 16.5. The summed E-state index contributed by atoms with van der Waals surface area (Å²) in [5.41, 5.74) is 2.45. The molecule has 2 aromatic carbocycles. The fourth-order valence-corrected chi connectivity index (χ4v) is 5.38. The molecule has 0 aromatic heterocycles. The molecular weight excluding hydrogens is 518 g/mol. The first-order chi connectivity index (χ1) is 19.8. The number of esters is 1. The van der Waals surface area contributed by atoms with Gasteiger partial charge >= 0.3 is 5.97 Å². The molecule has 222 valence electrons. The molecule has 0 aliphatic carbocycles. The second kappa shape index (κ2) is 15.4. The number of allylic oxidation sites excluding steroid dienone is 1. The Labute approximate surface area is 244 Å². The van der Waals surface area contributed by atoms with Gasteiger partial charge in [0.2, 0.25) is 11.8 Å². The Balaban J connectivity index is 1.50. The van der Waals surface area contributed by atoms with Crippen LogP contribution in [0.4, 0.5) is 0 Å². The third-order valence-corrected chi connectivity index (χ3v) is 8.40. The van der Waals surface area contributed by atoms with Gasteiger partial charge in [-0.1, -0.05) is 50.3 Å². The van der Waals surface area contributed by atoms with Crippen molar-refractivity contribution in [3.63, 3.8) is 0 Å². The summed E-state index contributed by atoms with van der Waals surface area (Å²) < 4.78 is 10.9. The normalized spacial score (nSPS) is 14.7. The van der Waals surface area contributed by atoms with E-state index < -0.39 is 0 Å². The number of amides is 2. The van der Waals surface area contributed by atoms with Gasteiger partial charge in [-0.25, -0.2) is 4.79 Å². The second-order valence-corrected chi connectivity index (χ2v) is 10.8. The summed E-state index contributed by atoms with van der Waals surface area (Å²) in [6.07, 6.45) is 4.87. The first-order valence-corrected chi connectivity index (χ1v) is 14.5. The summed E-state index contributed by atoms with van der Waals surface area (Å²) >= 11 is 0. The molecule has 2 aromatic rings. The average Bonchev–Trinajstić information content (AvgIpc) is 3.02. The van der Waals surface area contributed by atoms with E-state index in [4.69, 9.17) is 9.47 Å². The number of methoxy groups -OCH3 is 1. The highest BCUT2D eigenvalue weighted by Crippen LogP contribution is 2.35. The van der Waals surface area contributed by atoms with E-state index in [1.165, 1.54) is 7.11 Å². The molecule has 41 heavy (non-hydrogen) atoms. The lowest BCUT2D eigenvalue weighted by Crippen LogP contribution is -2.51. The van der Waals surface area contributed by atoms with Gasteiger partial charge in [-0.05, 0) is 55.4 Å². The Bertz CT molecular complexity index is 1170. The maximum Gasteiger partial charge on any atom is 0.337 e. The molecule has 8 heteroatoms. The summed E-state index contributed by atoms with van der Waals surface area (Å²) in [4.78, 5) is 41.3. The third kappa shape index (κ3) is 8.67. The number of hydrogen-bond donors (Lipinski definition) is 1.